The molecule has 7 heteroatoms. The second kappa shape index (κ2) is 4.74. The minimum atomic E-state index is -0.214. The Bertz CT molecular complexity index is 573. The molecule has 3 rings (SSSR count). The molecule has 0 aliphatic heterocycles. The van der Waals surface area contributed by atoms with Gasteiger partial charge in [-0.3, -0.25) is 10.1 Å². The lowest BCUT2D eigenvalue weighted by atomic mass is 10.3. The van der Waals surface area contributed by atoms with Crippen molar-refractivity contribution in [2.24, 2.45) is 5.92 Å². The second-order valence-corrected chi connectivity index (χ2v) is 6.20. The molecule has 18 heavy (non-hydrogen) atoms. The Labute approximate surface area is 113 Å². The van der Waals surface area contributed by atoms with Gasteiger partial charge < -0.3 is 0 Å². The van der Waals surface area contributed by atoms with Crippen LogP contribution >= 0.6 is 23.1 Å². The molecule has 0 radical (unpaired) electrons. The fourth-order valence-corrected chi connectivity index (χ4v) is 2.74. The molecule has 0 spiro atoms. The van der Waals surface area contributed by atoms with Gasteiger partial charge in [0, 0.05) is 22.8 Å². The van der Waals surface area contributed by atoms with Crippen LogP contribution in [0, 0.1) is 12.8 Å². The van der Waals surface area contributed by atoms with Gasteiger partial charge in [0.2, 0.25) is 5.13 Å². The molecule has 94 valence electrons. The zero-order valence-electron chi connectivity index (χ0n) is 9.84. The molecule has 1 amide bonds. The van der Waals surface area contributed by atoms with Crippen LogP contribution in [0.3, 0.4) is 0 Å². The maximum Gasteiger partial charge on any atom is 0.277 e. The number of anilines is 1. The smallest absolute Gasteiger partial charge is 0.277 e. The third kappa shape index (κ3) is 2.73. The number of carbonyl (C=O) groups is 1. The van der Waals surface area contributed by atoms with Crippen molar-refractivity contribution in [3.05, 3.63) is 22.5 Å². The summed E-state index contributed by atoms with van der Waals surface area (Å²) >= 11 is 2.55. The highest BCUT2D eigenvalue weighted by Crippen LogP contribution is 2.32. The SMILES string of the molecule is Cc1cc(C(=O)Nc2nc(CC3CC3)ns2)ns1. The monoisotopic (exact) mass is 280 g/mol. The summed E-state index contributed by atoms with van der Waals surface area (Å²) in [6.45, 7) is 1.92. The van der Waals surface area contributed by atoms with Crippen LogP contribution < -0.4 is 5.32 Å². The molecule has 2 aromatic rings. The summed E-state index contributed by atoms with van der Waals surface area (Å²) in [6, 6.07) is 1.77. The van der Waals surface area contributed by atoms with Gasteiger partial charge in [-0.2, -0.15) is 8.75 Å². The Morgan fingerprint density at radius 2 is 2.28 bits per heavy atom. The van der Waals surface area contributed by atoms with Crippen molar-refractivity contribution in [2.75, 3.05) is 5.32 Å². The van der Waals surface area contributed by atoms with Crippen molar-refractivity contribution in [3.63, 3.8) is 0 Å². The molecule has 0 saturated heterocycles. The summed E-state index contributed by atoms with van der Waals surface area (Å²) < 4.78 is 8.31. The highest BCUT2D eigenvalue weighted by molar-refractivity contribution is 7.10. The number of nitrogens with one attached hydrogen (secondary N) is 1. The van der Waals surface area contributed by atoms with Gasteiger partial charge in [0.1, 0.15) is 11.5 Å². The minimum absolute atomic E-state index is 0.214. The van der Waals surface area contributed by atoms with Gasteiger partial charge in [0.05, 0.1) is 0 Å². The Hall–Kier alpha value is -1.34. The van der Waals surface area contributed by atoms with Crippen molar-refractivity contribution >= 4 is 34.1 Å². The van der Waals surface area contributed by atoms with E-state index in [2.05, 4.69) is 19.0 Å². The molecule has 2 heterocycles. The second-order valence-electron chi connectivity index (χ2n) is 4.44. The van der Waals surface area contributed by atoms with Gasteiger partial charge in [-0.25, -0.2) is 4.98 Å². The van der Waals surface area contributed by atoms with Crippen molar-refractivity contribution in [1.82, 2.24) is 13.7 Å². The fourth-order valence-electron chi connectivity index (χ4n) is 1.60. The maximum atomic E-state index is 11.8. The molecule has 1 fully saturated rings. The number of hydrogen-bond donors (Lipinski definition) is 1. The predicted octanol–water partition coefficient (Wildman–Crippen LogP) is 2.51. The van der Waals surface area contributed by atoms with Gasteiger partial charge in [-0.1, -0.05) is 0 Å². The lowest BCUT2D eigenvalue weighted by Crippen LogP contribution is -2.11. The topological polar surface area (TPSA) is 67.8 Å². The number of amides is 1. The van der Waals surface area contributed by atoms with E-state index in [1.54, 1.807) is 6.07 Å². The first-order valence-electron chi connectivity index (χ1n) is 5.78. The Balaban J connectivity index is 1.64. The number of aryl methyl sites for hydroxylation is 1. The van der Waals surface area contributed by atoms with Crippen LogP contribution in [-0.4, -0.2) is 19.6 Å². The largest absolute Gasteiger partial charge is 0.295 e. The summed E-state index contributed by atoms with van der Waals surface area (Å²) in [7, 11) is 0. The van der Waals surface area contributed by atoms with Gasteiger partial charge in [0.15, 0.2) is 0 Å². The molecule has 2 aromatic heterocycles. The van der Waals surface area contributed by atoms with Crippen LogP contribution in [-0.2, 0) is 6.42 Å². The fraction of sp³-hybridized carbons (Fsp3) is 0.455. The zero-order chi connectivity index (χ0) is 12.5. The molecule has 0 atom stereocenters. The summed E-state index contributed by atoms with van der Waals surface area (Å²) in [5, 5.41) is 3.29. The van der Waals surface area contributed by atoms with E-state index in [1.165, 1.54) is 35.9 Å². The molecule has 1 aliphatic carbocycles. The Kier molecular flexibility index (Phi) is 3.09. The van der Waals surface area contributed by atoms with Crippen molar-refractivity contribution < 1.29 is 4.79 Å². The highest BCUT2D eigenvalue weighted by atomic mass is 32.1. The normalized spacial score (nSPS) is 14.7. The number of hydrogen-bond acceptors (Lipinski definition) is 6. The number of carbonyl (C=O) groups excluding carboxylic acids is 1. The predicted molar refractivity (Wildman–Crippen MR) is 71.1 cm³/mol. The molecule has 0 unspecified atom stereocenters. The van der Waals surface area contributed by atoms with Crippen LogP contribution in [0.5, 0.6) is 0 Å². The third-order valence-corrected chi connectivity index (χ3v) is 4.08. The van der Waals surface area contributed by atoms with Crippen molar-refractivity contribution in [3.8, 4) is 0 Å². The average Bonchev–Trinajstić information content (AvgIpc) is 2.85. The molecule has 1 aliphatic rings. The van der Waals surface area contributed by atoms with Crippen LogP contribution in [0.25, 0.3) is 0 Å². The van der Waals surface area contributed by atoms with Crippen LogP contribution in [0.4, 0.5) is 5.13 Å². The van der Waals surface area contributed by atoms with E-state index in [0.29, 0.717) is 10.8 Å². The maximum absolute atomic E-state index is 11.8. The van der Waals surface area contributed by atoms with Gasteiger partial charge in [0.25, 0.3) is 5.91 Å². The van der Waals surface area contributed by atoms with E-state index in [4.69, 9.17) is 0 Å². The first-order valence-corrected chi connectivity index (χ1v) is 7.32. The minimum Gasteiger partial charge on any atom is -0.295 e. The first-order chi connectivity index (χ1) is 8.70. The number of aromatic nitrogens is 3. The van der Waals surface area contributed by atoms with E-state index in [9.17, 15) is 4.79 Å². The molecule has 5 nitrogen and oxygen atoms in total. The standard InChI is InChI=1S/C11H12N4OS2/c1-6-4-8(14-17-6)10(16)13-11-12-9(15-18-11)5-7-2-3-7/h4,7H,2-3,5H2,1H3,(H,12,13,15,16). The van der Waals surface area contributed by atoms with E-state index < -0.39 is 0 Å². The van der Waals surface area contributed by atoms with Crippen LogP contribution in [0.1, 0.15) is 34.0 Å². The highest BCUT2D eigenvalue weighted by Gasteiger charge is 2.23. The lowest BCUT2D eigenvalue weighted by Gasteiger charge is -1.95. The summed E-state index contributed by atoms with van der Waals surface area (Å²) in [6.07, 6.45) is 3.49. The number of rotatable bonds is 4. The molecule has 1 saturated carbocycles. The van der Waals surface area contributed by atoms with Gasteiger partial charge >= 0.3 is 0 Å². The Morgan fingerprint density at radius 1 is 1.44 bits per heavy atom. The zero-order valence-corrected chi connectivity index (χ0v) is 11.5. The average molecular weight is 280 g/mol. The molecular formula is C11H12N4OS2. The Morgan fingerprint density at radius 3 is 2.94 bits per heavy atom. The van der Waals surface area contributed by atoms with E-state index in [1.807, 2.05) is 6.92 Å². The van der Waals surface area contributed by atoms with E-state index >= 15 is 0 Å². The van der Waals surface area contributed by atoms with Crippen molar-refractivity contribution in [2.45, 2.75) is 26.2 Å². The van der Waals surface area contributed by atoms with Crippen LogP contribution in [0.15, 0.2) is 6.07 Å². The van der Waals surface area contributed by atoms with E-state index in [-0.39, 0.29) is 5.91 Å². The van der Waals surface area contributed by atoms with Crippen molar-refractivity contribution in [1.29, 1.82) is 0 Å². The van der Waals surface area contributed by atoms with Gasteiger partial charge in [-0.05, 0) is 43.3 Å². The third-order valence-electron chi connectivity index (χ3n) is 2.72. The molecule has 0 bridgehead atoms. The lowest BCUT2D eigenvalue weighted by molar-refractivity contribution is 0.102. The van der Waals surface area contributed by atoms with E-state index in [0.717, 1.165) is 23.0 Å². The molecule has 1 N–H and O–H groups in total. The molecular weight excluding hydrogens is 268 g/mol. The van der Waals surface area contributed by atoms with Gasteiger partial charge in [-0.15, -0.1) is 0 Å². The molecule has 0 aromatic carbocycles. The first kappa shape index (κ1) is 11.7. The number of nitrogens with zero attached hydrogens (tertiary/aromatic N) is 3. The summed E-state index contributed by atoms with van der Waals surface area (Å²) in [5.74, 6) is 1.38. The summed E-state index contributed by atoms with van der Waals surface area (Å²) in [4.78, 5) is 17.2. The summed E-state index contributed by atoms with van der Waals surface area (Å²) in [5.41, 5.74) is 0.441. The van der Waals surface area contributed by atoms with Crippen LogP contribution in [0.2, 0.25) is 0 Å². The quantitative estimate of drug-likeness (QED) is 0.934.